The van der Waals surface area contributed by atoms with Gasteiger partial charge >= 0.3 is 0 Å². The highest BCUT2D eigenvalue weighted by Gasteiger charge is 1.88. The zero-order valence-corrected chi connectivity index (χ0v) is 12.8. The molecule has 0 unspecified atom stereocenters. The third-order valence-corrected chi connectivity index (χ3v) is 3.10. The van der Waals surface area contributed by atoms with Crippen molar-refractivity contribution >= 4 is 0 Å². The Hall–Kier alpha value is -0.820. The van der Waals surface area contributed by atoms with Gasteiger partial charge in [-0.25, -0.2) is 0 Å². The highest BCUT2D eigenvalue weighted by atomic mass is 14.5. The van der Waals surface area contributed by atoms with E-state index >= 15 is 0 Å². The van der Waals surface area contributed by atoms with E-state index in [1.165, 1.54) is 44.9 Å². The van der Waals surface area contributed by atoms with Gasteiger partial charge in [0.25, 0.3) is 0 Å². The molecular formula is C18H33N. The van der Waals surface area contributed by atoms with E-state index in [1.54, 1.807) is 0 Å². The normalized spacial score (nSPS) is 12.3. The van der Waals surface area contributed by atoms with Gasteiger partial charge in [0, 0.05) is 0 Å². The van der Waals surface area contributed by atoms with Gasteiger partial charge in [-0.15, -0.1) is 0 Å². The van der Waals surface area contributed by atoms with Gasteiger partial charge in [0.2, 0.25) is 0 Å². The molecule has 0 aliphatic carbocycles. The lowest BCUT2D eigenvalue weighted by atomic mass is 10.1. The van der Waals surface area contributed by atoms with E-state index < -0.39 is 0 Å². The van der Waals surface area contributed by atoms with Crippen LogP contribution in [0.15, 0.2) is 36.5 Å². The number of hydrogen-bond donors (Lipinski definition) is 1. The second-order valence-electron chi connectivity index (χ2n) is 4.99. The Morgan fingerprint density at radius 3 is 1.79 bits per heavy atom. The maximum absolute atomic E-state index is 5.46. The Morgan fingerprint density at radius 2 is 1.16 bits per heavy atom. The van der Waals surface area contributed by atoms with Crippen molar-refractivity contribution < 1.29 is 0 Å². The summed E-state index contributed by atoms with van der Waals surface area (Å²) in [5, 5.41) is 0. The maximum atomic E-state index is 5.46. The molecule has 0 aliphatic rings. The molecule has 0 aromatic heterocycles. The van der Waals surface area contributed by atoms with Gasteiger partial charge in [0.1, 0.15) is 0 Å². The Balaban J connectivity index is 3.19. The number of allylic oxidation sites excluding steroid dienone is 6. The molecular weight excluding hydrogens is 230 g/mol. The minimum Gasteiger partial charge on any atom is -0.330 e. The lowest BCUT2D eigenvalue weighted by molar-refractivity contribution is 0.600. The highest BCUT2D eigenvalue weighted by Crippen LogP contribution is 2.07. The van der Waals surface area contributed by atoms with Gasteiger partial charge in [0.05, 0.1) is 0 Å². The van der Waals surface area contributed by atoms with E-state index in [0.717, 1.165) is 25.8 Å². The number of hydrogen-bond acceptors (Lipinski definition) is 1. The molecule has 0 aliphatic heterocycles. The molecule has 2 N–H and O–H groups in total. The Labute approximate surface area is 120 Å². The SMILES string of the molecule is CC/C=C/C/C=C/C/C=C/CCCCCCCCN. The Morgan fingerprint density at radius 1 is 0.632 bits per heavy atom. The molecule has 0 rings (SSSR count). The van der Waals surface area contributed by atoms with Crippen LogP contribution < -0.4 is 5.73 Å². The first kappa shape index (κ1) is 18.2. The highest BCUT2D eigenvalue weighted by molar-refractivity contribution is 4.96. The number of rotatable bonds is 13. The summed E-state index contributed by atoms with van der Waals surface area (Å²) in [6.45, 7) is 3.02. The average molecular weight is 263 g/mol. The fourth-order valence-electron chi connectivity index (χ4n) is 1.94. The zero-order chi connectivity index (χ0) is 14.0. The molecule has 110 valence electrons. The van der Waals surface area contributed by atoms with Gasteiger partial charge in [-0.05, 0) is 45.1 Å². The second-order valence-corrected chi connectivity index (χ2v) is 4.99. The van der Waals surface area contributed by atoms with Crippen molar-refractivity contribution in [3.63, 3.8) is 0 Å². The van der Waals surface area contributed by atoms with E-state index in [9.17, 15) is 0 Å². The van der Waals surface area contributed by atoms with Gasteiger partial charge in [-0.1, -0.05) is 69.1 Å². The summed E-state index contributed by atoms with van der Waals surface area (Å²) in [7, 11) is 0. The van der Waals surface area contributed by atoms with Crippen LogP contribution in [0.1, 0.15) is 71.1 Å². The zero-order valence-electron chi connectivity index (χ0n) is 12.8. The fourth-order valence-corrected chi connectivity index (χ4v) is 1.94. The largest absolute Gasteiger partial charge is 0.330 e. The molecule has 0 heterocycles. The summed E-state index contributed by atoms with van der Waals surface area (Å²) in [5.41, 5.74) is 5.46. The predicted octanol–water partition coefficient (Wildman–Crippen LogP) is 5.53. The van der Waals surface area contributed by atoms with Crippen LogP contribution in [0.25, 0.3) is 0 Å². The summed E-state index contributed by atoms with van der Waals surface area (Å²) in [6.07, 6.45) is 26.0. The van der Waals surface area contributed by atoms with Crippen molar-refractivity contribution in [2.45, 2.75) is 71.1 Å². The first-order valence-electron chi connectivity index (χ1n) is 8.06. The van der Waals surface area contributed by atoms with Crippen molar-refractivity contribution in [2.75, 3.05) is 6.54 Å². The van der Waals surface area contributed by atoms with E-state index in [-0.39, 0.29) is 0 Å². The monoisotopic (exact) mass is 263 g/mol. The molecule has 0 amide bonds. The Kier molecular flexibility index (Phi) is 16.4. The van der Waals surface area contributed by atoms with Crippen molar-refractivity contribution in [1.29, 1.82) is 0 Å². The van der Waals surface area contributed by atoms with Crippen LogP contribution in [-0.2, 0) is 0 Å². The standard InChI is InChI=1S/C18H33N/c1-2-3-4-5-6-7-8-9-10-11-12-13-14-15-16-17-18-19/h3-4,6-7,9-10H,2,5,8,11-19H2,1H3/b4-3+,7-6+,10-9+. The quantitative estimate of drug-likeness (QED) is 0.343. The van der Waals surface area contributed by atoms with Crippen molar-refractivity contribution in [2.24, 2.45) is 5.73 Å². The summed E-state index contributed by atoms with van der Waals surface area (Å²) in [4.78, 5) is 0. The number of nitrogens with two attached hydrogens (primary N) is 1. The molecule has 1 nitrogen and oxygen atoms in total. The minimum absolute atomic E-state index is 0.852. The minimum atomic E-state index is 0.852. The molecule has 0 aromatic rings. The predicted molar refractivity (Wildman–Crippen MR) is 88.3 cm³/mol. The van der Waals surface area contributed by atoms with E-state index in [0.29, 0.717) is 0 Å². The summed E-state index contributed by atoms with van der Waals surface area (Å²) in [6, 6.07) is 0. The van der Waals surface area contributed by atoms with Crippen LogP contribution in [0.5, 0.6) is 0 Å². The average Bonchev–Trinajstić information content (AvgIpc) is 2.43. The van der Waals surface area contributed by atoms with E-state index in [4.69, 9.17) is 5.73 Å². The van der Waals surface area contributed by atoms with Crippen LogP contribution in [-0.4, -0.2) is 6.54 Å². The van der Waals surface area contributed by atoms with Gasteiger partial charge in [0.15, 0.2) is 0 Å². The number of unbranched alkanes of at least 4 members (excludes halogenated alkanes) is 6. The molecule has 0 atom stereocenters. The summed E-state index contributed by atoms with van der Waals surface area (Å²) < 4.78 is 0. The maximum Gasteiger partial charge on any atom is -0.00773 e. The first-order chi connectivity index (χ1) is 9.41. The lowest BCUT2D eigenvalue weighted by Gasteiger charge is -1.98. The topological polar surface area (TPSA) is 26.0 Å². The van der Waals surface area contributed by atoms with Crippen molar-refractivity contribution in [3.05, 3.63) is 36.5 Å². The lowest BCUT2D eigenvalue weighted by Crippen LogP contribution is -1.97. The third-order valence-electron chi connectivity index (χ3n) is 3.10. The Bertz CT molecular complexity index is 238. The third kappa shape index (κ3) is 17.2. The van der Waals surface area contributed by atoms with Gasteiger partial charge in [-0.3, -0.25) is 0 Å². The van der Waals surface area contributed by atoms with Crippen LogP contribution in [0.4, 0.5) is 0 Å². The van der Waals surface area contributed by atoms with Crippen molar-refractivity contribution in [1.82, 2.24) is 0 Å². The molecule has 0 bridgehead atoms. The van der Waals surface area contributed by atoms with E-state index in [1.807, 2.05) is 0 Å². The van der Waals surface area contributed by atoms with Crippen LogP contribution in [0.3, 0.4) is 0 Å². The fraction of sp³-hybridized carbons (Fsp3) is 0.667. The molecule has 0 saturated carbocycles. The molecule has 0 saturated heterocycles. The first-order valence-corrected chi connectivity index (χ1v) is 8.06. The van der Waals surface area contributed by atoms with Crippen LogP contribution in [0.2, 0.25) is 0 Å². The van der Waals surface area contributed by atoms with Gasteiger partial charge < -0.3 is 5.73 Å². The van der Waals surface area contributed by atoms with Crippen LogP contribution in [0, 0.1) is 0 Å². The smallest absolute Gasteiger partial charge is 0.00773 e. The second kappa shape index (κ2) is 17.2. The van der Waals surface area contributed by atoms with Crippen LogP contribution >= 0.6 is 0 Å². The summed E-state index contributed by atoms with van der Waals surface area (Å²) >= 11 is 0. The molecule has 0 radical (unpaired) electrons. The molecule has 19 heavy (non-hydrogen) atoms. The molecule has 0 aromatic carbocycles. The molecule has 0 fully saturated rings. The van der Waals surface area contributed by atoms with Crippen molar-refractivity contribution in [3.8, 4) is 0 Å². The molecule has 1 heteroatoms. The van der Waals surface area contributed by atoms with E-state index in [2.05, 4.69) is 43.4 Å². The van der Waals surface area contributed by atoms with Gasteiger partial charge in [-0.2, -0.15) is 0 Å². The molecule has 0 spiro atoms. The summed E-state index contributed by atoms with van der Waals surface area (Å²) in [5.74, 6) is 0.